The molecular formula is C21H25NO2. The maximum Gasteiger partial charge on any atom is 0.187 e. The molecule has 3 heteroatoms. The Morgan fingerprint density at radius 3 is 2.58 bits per heavy atom. The third-order valence-corrected chi connectivity index (χ3v) is 3.77. The monoisotopic (exact) mass is 323 g/mol. The Morgan fingerprint density at radius 2 is 1.88 bits per heavy atom. The molecule has 0 aliphatic heterocycles. The summed E-state index contributed by atoms with van der Waals surface area (Å²) in [5.41, 5.74) is 3.99. The molecule has 2 aromatic rings. The minimum absolute atomic E-state index is 0.0343. The molecule has 0 unspecified atom stereocenters. The highest BCUT2D eigenvalue weighted by Gasteiger charge is 2.02. The van der Waals surface area contributed by atoms with E-state index in [1.54, 1.807) is 24.4 Å². The van der Waals surface area contributed by atoms with Crippen LogP contribution in [0.25, 0.3) is 0 Å². The molecule has 126 valence electrons. The van der Waals surface area contributed by atoms with E-state index in [2.05, 4.69) is 30.4 Å². The number of ether oxygens (including phenoxy) is 1. The highest BCUT2D eigenvalue weighted by atomic mass is 16.5. The van der Waals surface area contributed by atoms with Gasteiger partial charge in [-0.25, -0.2) is 0 Å². The summed E-state index contributed by atoms with van der Waals surface area (Å²) in [6.45, 7) is 6.92. The zero-order chi connectivity index (χ0) is 17.4. The molecule has 2 rings (SSSR count). The molecule has 0 saturated heterocycles. The molecule has 0 aliphatic carbocycles. The van der Waals surface area contributed by atoms with Gasteiger partial charge in [0.1, 0.15) is 5.75 Å². The van der Waals surface area contributed by atoms with Crippen LogP contribution in [0.4, 0.5) is 5.69 Å². The summed E-state index contributed by atoms with van der Waals surface area (Å²) in [6.07, 6.45) is 5.38. The summed E-state index contributed by atoms with van der Waals surface area (Å²) in [5, 5.41) is 3.17. The summed E-state index contributed by atoms with van der Waals surface area (Å²) < 4.78 is 5.60. The van der Waals surface area contributed by atoms with E-state index in [-0.39, 0.29) is 5.78 Å². The Kier molecular flexibility index (Phi) is 6.62. The smallest absolute Gasteiger partial charge is 0.187 e. The van der Waals surface area contributed by atoms with Crippen LogP contribution in [0.1, 0.15) is 41.3 Å². The molecule has 1 N–H and O–H groups in total. The molecule has 0 spiro atoms. The molecule has 0 heterocycles. The van der Waals surface area contributed by atoms with E-state index in [9.17, 15) is 4.79 Å². The highest BCUT2D eigenvalue weighted by Crippen LogP contribution is 2.17. The molecule has 0 radical (unpaired) electrons. The molecule has 0 aliphatic rings. The highest BCUT2D eigenvalue weighted by molar-refractivity contribution is 6.04. The first-order chi connectivity index (χ1) is 11.6. The van der Waals surface area contributed by atoms with Gasteiger partial charge in [-0.3, -0.25) is 4.79 Å². The second-order valence-electron chi connectivity index (χ2n) is 5.89. The fraction of sp³-hybridized carbons (Fsp3) is 0.286. The Hall–Kier alpha value is -2.55. The number of ketones is 1. The number of allylic oxidation sites excluding steroid dienone is 1. The fourth-order valence-electron chi connectivity index (χ4n) is 2.24. The van der Waals surface area contributed by atoms with Crippen LogP contribution in [0.15, 0.2) is 54.7 Å². The number of hydrogen-bond acceptors (Lipinski definition) is 3. The number of benzene rings is 2. The van der Waals surface area contributed by atoms with Gasteiger partial charge in [0.15, 0.2) is 5.78 Å². The fourth-order valence-corrected chi connectivity index (χ4v) is 2.24. The molecule has 0 saturated carbocycles. The number of carbonyl (C=O) groups excluding carboxylic acids is 1. The van der Waals surface area contributed by atoms with Crippen molar-refractivity contribution >= 4 is 11.5 Å². The van der Waals surface area contributed by atoms with E-state index < -0.39 is 0 Å². The van der Waals surface area contributed by atoms with Crippen molar-refractivity contribution in [3.8, 4) is 5.75 Å². The predicted molar refractivity (Wildman–Crippen MR) is 99.9 cm³/mol. The van der Waals surface area contributed by atoms with Crippen LogP contribution in [0, 0.1) is 13.8 Å². The molecule has 2 aromatic carbocycles. The summed E-state index contributed by atoms with van der Waals surface area (Å²) >= 11 is 0. The largest absolute Gasteiger partial charge is 0.494 e. The van der Waals surface area contributed by atoms with Gasteiger partial charge in [0, 0.05) is 23.5 Å². The second-order valence-corrected chi connectivity index (χ2v) is 5.89. The van der Waals surface area contributed by atoms with Crippen LogP contribution in [-0.2, 0) is 0 Å². The zero-order valence-corrected chi connectivity index (χ0v) is 14.6. The molecule has 24 heavy (non-hydrogen) atoms. The van der Waals surface area contributed by atoms with Crippen LogP contribution in [-0.4, -0.2) is 12.4 Å². The number of unbranched alkanes of at least 4 members (excludes halogenated alkanes) is 1. The third-order valence-electron chi connectivity index (χ3n) is 3.77. The number of anilines is 1. The van der Waals surface area contributed by atoms with Gasteiger partial charge in [-0.2, -0.15) is 0 Å². The lowest BCUT2D eigenvalue weighted by Gasteiger charge is -2.07. The van der Waals surface area contributed by atoms with E-state index in [0.29, 0.717) is 12.2 Å². The standard InChI is InChI=1S/C21H25NO2/c1-4-5-14-24-19-10-8-18(9-11-19)21(23)12-13-22-20-15-16(2)6-7-17(20)3/h6-13,15,22H,4-5,14H2,1-3H3/b13-12+. The van der Waals surface area contributed by atoms with Crippen molar-refractivity contribution < 1.29 is 9.53 Å². The van der Waals surface area contributed by atoms with Crippen molar-refractivity contribution in [1.82, 2.24) is 0 Å². The van der Waals surface area contributed by atoms with Crippen LogP contribution >= 0.6 is 0 Å². The molecule has 0 bridgehead atoms. The van der Waals surface area contributed by atoms with E-state index in [4.69, 9.17) is 4.74 Å². The van der Waals surface area contributed by atoms with Crippen LogP contribution < -0.4 is 10.1 Å². The first-order valence-corrected chi connectivity index (χ1v) is 8.37. The normalized spacial score (nSPS) is 10.8. The predicted octanol–water partition coefficient (Wildman–Crippen LogP) is 5.29. The summed E-state index contributed by atoms with van der Waals surface area (Å²) in [4.78, 5) is 12.2. The topological polar surface area (TPSA) is 38.3 Å². The van der Waals surface area contributed by atoms with Crippen molar-refractivity contribution in [2.45, 2.75) is 33.6 Å². The molecular weight excluding hydrogens is 298 g/mol. The van der Waals surface area contributed by atoms with Crippen LogP contribution in [0.5, 0.6) is 5.75 Å². The first kappa shape index (κ1) is 17.8. The summed E-state index contributed by atoms with van der Waals surface area (Å²) in [6, 6.07) is 13.5. The van der Waals surface area contributed by atoms with E-state index in [0.717, 1.165) is 29.8 Å². The van der Waals surface area contributed by atoms with Crippen molar-refractivity contribution in [2.75, 3.05) is 11.9 Å². The Balaban J connectivity index is 1.93. The van der Waals surface area contributed by atoms with E-state index in [1.165, 1.54) is 5.56 Å². The van der Waals surface area contributed by atoms with Gasteiger partial charge in [-0.1, -0.05) is 25.5 Å². The summed E-state index contributed by atoms with van der Waals surface area (Å²) in [7, 11) is 0. The molecule has 0 aromatic heterocycles. The maximum absolute atomic E-state index is 12.2. The second kappa shape index (κ2) is 8.92. The quantitative estimate of drug-likeness (QED) is 0.407. The number of rotatable bonds is 8. The van der Waals surface area contributed by atoms with Crippen molar-refractivity contribution in [1.29, 1.82) is 0 Å². The van der Waals surface area contributed by atoms with Gasteiger partial charge in [0.05, 0.1) is 6.61 Å². The van der Waals surface area contributed by atoms with Crippen molar-refractivity contribution in [3.05, 3.63) is 71.4 Å². The lowest BCUT2D eigenvalue weighted by Crippen LogP contribution is -1.99. The number of hydrogen-bond donors (Lipinski definition) is 1. The number of carbonyl (C=O) groups is 1. The number of aryl methyl sites for hydroxylation is 2. The van der Waals surface area contributed by atoms with Gasteiger partial charge >= 0.3 is 0 Å². The molecule has 0 atom stereocenters. The lowest BCUT2D eigenvalue weighted by molar-refractivity contribution is 0.104. The van der Waals surface area contributed by atoms with Gasteiger partial charge < -0.3 is 10.1 Å². The molecule has 0 amide bonds. The first-order valence-electron chi connectivity index (χ1n) is 8.37. The van der Waals surface area contributed by atoms with E-state index in [1.807, 2.05) is 26.0 Å². The van der Waals surface area contributed by atoms with Gasteiger partial charge in [-0.05, 0) is 61.7 Å². The average molecular weight is 323 g/mol. The third kappa shape index (κ3) is 5.27. The SMILES string of the molecule is CCCCOc1ccc(C(=O)/C=C/Nc2cc(C)ccc2C)cc1. The van der Waals surface area contributed by atoms with Gasteiger partial charge in [0.25, 0.3) is 0 Å². The number of nitrogens with one attached hydrogen (secondary N) is 1. The van der Waals surface area contributed by atoms with Gasteiger partial charge in [0.2, 0.25) is 0 Å². The average Bonchev–Trinajstić information content (AvgIpc) is 2.58. The van der Waals surface area contributed by atoms with Crippen molar-refractivity contribution in [2.24, 2.45) is 0 Å². The van der Waals surface area contributed by atoms with Crippen LogP contribution in [0.3, 0.4) is 0 Å². The Bertz CT molecular complexity index is 702. The Morgan fingerprint density at radius 1 is 1.12 bits per heavy atom. The zero-order valence-electron chi connectivity index (χ0n) is 14.6. The molecule has 0 fully saturated rings. The maximum atomic E-state index is 12.2. The summed E-state index contributed by atoms with van der Waals surface area (Å²) in [5.74, 6) is 0.769. The minimum Gasteiger partial charge on any atom is -0.494 e. The van der Waals surface area contributed by atoms with Crippen LogP contribution in [0.2, 0.25) is 0 Å². The lowest BCUT2D eigenvalue weighted by atomic mass is 10.1. The van der Waals surface area contributed by atoms with Crippen molar-refractivity contribution in [3.63, 3.8) is 0 Å². The minimum atomic E-state index is -0.0343. The molecule has 3 nitrogen and oxygen atoms in total. The van der Waals surface area contributed by atoms with E-state index >= 15 is 0 Å². The Labute approximate surface area is 144 Å². The van der Waals surface area contributed by atoms with Gasteiger partial charge in [-0.15, -0.1) is 0 Å².